The Kier molecular flexibility index (Phi) is 4.62. The maximum absolute atomic E-state index is 13.4. The Labute approximate surface area is 129 Å². The molecular formula is C14H11BrClFN2O. The molecule has 0 aliphatic heterocycles. The van der Waals surface area contributed by atoms with Crippen molar-refractivity contribution in [1.29, 1.82) is 0 Å². The fraction of sp³-hybridized carbons (Fsp3) is 0.0714. The van der Waals surface area contributed by atoms with Crippen LogP contribution in [0.3, 0.4) is 0 Å². The van der Waals surface area contributed by atoms with Gasteiger partial charge in [0.25, 0.3) is 5.91 Å². The highest BCUT2D eigenvalue weighted by Crippen LogP contribution is 2.22. The maximum atomic E-state index is 13.4. The van der Waals surface area contributed by atoms with Crippen LogP contribution in [0.4, 0.5) is 10.1 Å². The lowest BCUT2D eigenvalue weighted by atomic mass is 10.1. The number of anilines is 1. The van der Waals surface area contributed by atoms with Crippen molar-refractivity contribution in [3.05, 3.63) is 62.8 Å². The van der Waals surface area contributed by atoms with Crippen molar-refractivity contribution >= 4 is 39.1 Å². The molecule has 1 amide bonds. The number of carbonyl (C=O) groups excluding carboxylic acids is 1. The highest BCUT2D eigenvalue weighted by molar-refractivity contribution is 9.10. The largest absolute Gasteiger partial charge is 0.398 e. The summed E-state index contributed by atoms with van der Waals surface area (Å²) >= 11 is 8.92. The van der Waals surface area contributed by atoms with Crippen molar-refractivity contribution in [3.63, 3.8) is 0 Å². The van der Waals surface area contributed by atoms with Crippen molar-refractivity contribution in [2.75, 3.05) is 5.73 Å². The Bertz CT molecular complexity index is 646. The molecule has 0 radical (unpaired) electrons. The van der Waals surface area contributed by atoms with Crippen LogP contribution in [0.1, 0.15) is 15.9 Å². The van der Waals surface area contributed by atoms with Gasteiger partial charge in [-0.1, -0.05) is 39.7 Å². The van der Waals surface area contributed by atoms with Crippen LogP contribution in [0, 0.1) is 5.82 Å². The third-order valence-corrected chi connectivity index (χ3v) is 3.52. The molecule has 3 N–H and O–H groups in total. The molecule has 2 rings (SSSR count). The summed E-state index contributed by atoms with van der Waals surface area (Å²) in [5, 5.41) is 2.57. The Hall–Kier alpha value is -1.59. The van der Waals surface area contributed by atoms with E-state index >= 15 is 0 Å². The summed E-state index contributed by atoms with van der Waals surface area (Å²) in [5.41, 5.74) is 6.80. The first-order chi connectivity index (χ1) is 9.47. The summed E-state index contributed by atoms with van der Waals surface area (Å²) in [4.78, 5) is 12.0. The number of nitrogens with one attached hydrogen (secondary N) is 1. The summed E-state index contributed by atoms with van der Waals surface area (Å²) in [6.07, 6.45) is 0. The average Bonchev–Trinajstić information content (AvgIpc) is 2.42. The zero-order valence-corrected chi connectivity index (χ0v) is 12.6. The van der Waals surface area contributed by atoms with E-state index in [4.69, 9.17) is 17.3 Å². The SMILES string of the molecule is Nc1cc(Cl)c(F)cc1C(=O)NCc1ccc(Br)cc1. The summed E-state index contributed by atoms with van der Waals surface area (Å²) in [5.74, 6) is -1.12. The summed E-state index contributed by atoms with van der Waals surface area (Å²) in [6.45, 7) is 0.329. The van der Waals surface area contributed by atoms with Crippen molar-refractivity contribution in [2.24, 2.45) is 0 Å². The second-order valence-electron chi connectivity index (χ2n) is 4.16. The predicted octanol–water partition coefficient (Wildman–Crippen LogP) is 3.75. The van der Waals surface area contributed by atoms with Crippen LogP contribution in [0.25, 0.3) is 0 Å². The van der Waals surface area contributed by atoms with E-state index in [1.165, 1.54) is 6.07 Å². The fourth-order valence-corrected chi connectivity index (χ4v) is 2.08. The van der Waals surface area contributed by atoms with Crippen LogP contribution in [-0.4, -0.2) is 5.91 Å². The van der Waals surface area contributed by atoms with Gasteiger partial charge >= 0.3 is 0 Å². The minimum atomic E-state index is -0.672. The quantitative estimate of drug-likeness (QED) is 0.822. The first-order valence-corrected chi connectivity index (χ1v) is 6.91. The molecule has 6 heteroatoms. The molecule has 0 atom stereocenters. The number of nitrogen functional groups attached to an aromatic ring is 1. The van der Waals surface area contributed by atoms with Crippen LogP contribution in [-0.2, 0) is 6.54 Å². The molecule has 0 saturated carbocycles. The van der Waals surface area contributed by atoms with E-state index in [0.29, 0.717) is 6.54 Å². The zero-order chi connectivity index (χ0) is 14.7. The van der Waals surface area contributed by atoms with Crippen molar-refractivity contribution in [3.8, 4) is 0 Å². The van der Waals surface area contributed by atoms with Gasteiger partial charge in [-0.05, 0) is 29.8 Å². The molecule has 0 aliphatic carbocycles. The number of hydrogen-bond donors (Lipinski definition) is 2. The van der Waals surface area contributed by atoms with Gasteiger partial charge in [0.05, 0.1) is 10.6 Å². The lowest BCUT2D eigenvalue weighted by Crippen LogP contribution is -2.24. The highest BCUT2D eigenvalue weighted by atomic mass is 79.9. The van der Waals surface area contributed by atoms with Gasteiger partial charge in [0, 0.05) is 16.7 Å². The van der Waals surface area contributed by atoms with Gasteiger partial charge in [-0.25, -0.2) is 4.39 Å². The van der Waals surface area contributed by atoms with Gasteiger partial charge in [-0.2, -0.15) is 0 Å². The Morgan fingerprint density at radius 2 is 1.95 bits per heavy atom. The zero-order valence-electron chi connectivity index (χ0n) is 10.3. The first-order valence-electron chi connectivity index (χ1n) is 5.74. The topological polar surface area (TPSA) is 55.1 Å². The third kappa shape index (κ3) is 3.49. The van der Waals surface area contributed by atoms with Crippen LogP contribution in [0.15, 0.2) is 40.9 Å². The number of benzene rings is 2. The summed E-state index contributed by atoms with van der Waals surface area (Å²) < 4.78 is 14.3. The van der Waals surface area contributed by atoms with E-state index in [0.717, 1.165) is 16.1 Å². The molecule has 0 aromatic heterocycles. The van der Waals surface area contributed by atoms with Gasteiger partial charge in [0.1, 0.15) is 5.82 Å². The van der Waals surface area contributed by atoms with Crippen LogP contribution in [0.5, 0.6) is 0 Å². The summed E-state index contributed by atoms with van der Waals surface area (Å²) in [6, 6.07) is 9.75. The lowest BCUT2D eigenvalue weighted by Gasteiger charge is -2.08. The molecule has 20 heavy (non-hydrogen) atoms. The van der Waals surface area contributed by atoms with E-state index in [2.05, 4.69) is 21.2 Å². The normalized spacial score (nSPS) is 10.3. The van der Waals surface area contributed by atoms with E-state index in [1.807, 2.05) is 24.3 Å². The monoisotopic (exact) mass is 356 g/mol. The Morgan fingerprint density at radius 1 is 1.30 bits per heavy atom. The second-order valence-corrected chi connectivity index (χ2v) is 5.49. The van der Waals surface area contributed by atoms with Gasteiger partial charge in [0.15, 0.2) is 0 Å². The minimum absolute atomic E-state index is 0.0732. The molecule has 0 bridgehead atoms. The molecule has 0 spiro atoms. The van der Waals surface area contributed by atoms with Crippen molar-refractivity contribution < 1.29 is 9.18 Å². The Balaban J connectivity index is 2.09. The smallest absolute Gasteiger partial charge is 0.253 e. The van der Waals surface area contributed by atoms with Crippen LogP contribution < -0.4 is 11.1 Å². The molecule has 0 fully saturated rings. The van der Waals surface area contributed by atoms with Crippen LogP contribution >= 0.6 is 27.5 Å². The number of carbonyl (C=O) groups is 1. The molecule has 0 heterocycles. The number of amides is 1. The average molecular weight is 358 g/mol. The van der Waals surface area contributed by atoms with E-state index in [1.54, 1.807) is 0 Å². The fourth-order valence-electron chi connectivity index (χ4n) is 1.64. The standard InChI is InChI=1S/C14H11BrClFN2O/c15-9-3-1-8(2-4-9)7-19-14(20)10-5-12(17)11(16)6-13(10)18/h1-6H,7,18H2,(H,19,20). The molecule has 3 nitrogen and oxygen atoms in total. The van der Waals surface area contributed by atoms with Crippen molar-refractivity contribution in [2.45, 2.75) is 6.54 Å². The van der Waals surface area contributed by atoms with Gasteiger partial charge in [0.2, 0.25) is 0 Å². The predicted molar refractivity (Wildman–Crippen MR) is 81.1 cm³/mol. The maximum Gasteiger partial charge on any atom is 0.253 e. The molecule has 104 valence electrons. The third-order valence-electron chi connectivity index (χ3n) is 2.70. The van der Waals surface area contributed by atoms with E-state index in [9.17, 15) is 9.18 Å². The number of hydrogen-bond acceptors (Lipinski definition) is 2. The van der Waals surface area contributed by atoms with Gasteiger partial charge < -0.3 is 11.1 Å². The summed E-state index contributed by atoms with van der Waals surface area (Å²) in [7, 11) is 0. The number of nitrogens with two attached hydrogens (primary N) is 1. The molecule has 2 aromatic carbocycles. The first kappa shape index (κ1) is 14.8. The molecular weight excluding hydrogens is 347 g/mol. The van der Waals surface area contributed by atoms with Crippen molar-refractivity contribution in [1.82, 2.24) is 5.32 Å². The van der Waals surface area contributed by atoms with Crippen LogP contribution in [0.2, 0.25) is 5.02 Å². The number of halogens is 3. The second kappa shape index (κ2) is 6.24. The van der Waals surface area contributed by atoms with E-state index < -0.39 is 11.7 Å². The molecule has 0 saturated heterocycles. The van der Waals surface area contributed by atoms with Gasteiger partial charge in [-0.3, -0.25) is 4.79 Å². The Morgan fingerprint density at radius 3 is 2.60 bits per heavy atom. The minimum Gasteiger partial charge on any atom is -0.398 e. The lowest BCUT2D eigenvalue weighted by molar-refractivity contribution is 0.0951. The van der Waals surface area contributed by atoms with E-state index in [-0.39, 0.29) is 16.3 Å². The molecule has 0 aliphatic rings. The molecule has 2 aromatic rings. The highest BCUT2D eigenvalue weighted by Gasteiger charge is 2.13. The molecule has 0 unspecified atom stereocenters. The van der Waals surface area contributed by atoms with Gasteiger partial charge in [-0.15, -0.1) is 0 Å². The number of rotatable bonds is 3.